The van der Waals surface area contributed by atoms with Crippen LogP contribution in [0.15, 0.2) is 11.6 Å². The molecule has 1 saturated heterocycles. The van der Waals surface area contributed by atoms with E-state index in [4.69, 9.17) is 0 Å². The van der Waals surface area contributed by atoms with Crippen LogP contribution in [-0.2, 0) is 4.79 Å². The predicted molar refractivity (Wildman–Crippen MR) is 73.5 cm³/mol. The Hall–Kier alpha value is -0.940. The number of hydrogen-bond donors (Lipinski definition) is 2. The van der Waals surface area contributed by atoms with Gasteiger partial charge < -0.3 is 10.6 Å². The monoisotopic (exact) mass is 267 g/mol. The van der Waals surface area contributed by atoms with Crippen molar-refractivity contribution >= 4 is 17.2 Å². The molecule has 5 heteroatoms. The van der Waals surface area contributed by atoms with Crippen LogP contribution < -0.4 is 10.6 Å². The molecule has 0 bridgehead atoms. The first-order valence-electron chi connectivity index (χ1n) is 6.70. The molecule has 2 heterocycles. The Balaban J connectivity index is 1.86. The van der Waals surface area contributed by atoms with Crippen LogP contribution in [0.4, 0.5) is 0 Å². The lowest BCUT2D eigenvalue weighted by Gasteiger charge is -2.22. The highest BCUT2D eigenvalue weighted by Crippen LogP contribution is 2.16. The zero-order valence-electron chi connectivity index (χ0n) is 10.8. The first-order chi connectivity index (χ1) is 8.77. The Labute approximate surface area is 112 Å². The minimum Gasteiger partial charge on any atom is -0.346 e. The van der Waals surface area contributed by atoms with Crippen LogP contribution in [0.25, 0.3) is 0 Å². The van der Waals surface area contributed by atoms with E-state index in [1.165, 1.54) is 19.3 Å². The minimum atomic E-state index is -0.0345. The summed E-state index contributed by atoms with van der Waals surface area (Å²) in [6.45, 7) is 2.93. The molecule has 2 atom stereocenters. The second-order valence-corrected chi connectivity index (χ2v) is 5.74. The smallest absolute Gasteiger partial charge is 0.237 e. The summed E-state index contributed by atoms with van der Waals surface area (Å²) < 4.78 is 0. The van der Waals surface area contributed by atoms with Gasteiger partial charge in [0, 0.05) is 11.6 Å². The largest absolute Gasteiger partial charge is 0.346 e. The molecular formula is C13H21N3OS. The van der Waals surface area contributed by atoms with E-state index in [1.807, 2.05) is 12.3 Å². The Morgan fingerprint density at radius 3 is 3.11 bits per heavy atom. The molecule has 2 N–H and O–H groups in total. The van der Waals surface area contributed by atoms with Crippen LogP contribution in [0.5, 0.6) is 0 Å². The summed E-state index contributed by atoms with van der Waals surface area (Å²) in [5.74, 6) is 0.111. The minimum absolute atomic E-state index is 0.00439. The molecule has 0 radical (unpaired) electrons. The summed E-state index contributed by atoms with van der Waals surface area (Å²) in [4.78, 5) is 16.4. The maximum Gasteiger partial charge on any atom is 0.237 e. The summed E-state index contributed by atoms with van der Waals surface area (Å²) in [6.07, 6.45) is 7.54. The number of rotatable bonds is 3. The van der Waals surface area contributed by atoms with E-state index < -0.39 is 0 Å². The number of thiazole rings is 1. The van der Waals surface area contributed by atoms with Crippen molar-refractivity contribution in [3.63, 3.8) is 0 Å². The van der Waals surface area contributed by atoms with Gasteiger partial charge in [-0.3, -0.25) is 4.79 Å². The molecule has 0 saturated carbocycles. The quantitative estimate of drug-likeness (QED) is 0.883. The molecule has 1 aromatic rings. The van der Waals surface area contributed by atoms with Crippen LogP contribution in [0, 0.1) is 0 Å². The molecule has 1 aliphatic heterocycles. The van der Waals surface area contributed by atoms with Crippen molar-refractivity contribution in [3.05, 3.63) is 16.6 Å². The normalized spacial score (nSPS) is 22.8. The van der Waals surface area contributed by atoms with Crippen molar-refractivity contribution in [3.8, 4) is 0 Å². The zero-order valence-corrected chi connectivity index (χ0v) is 11.6. The third kappa shape index (κ3) is 3.78. The van der Waals surface area contributed by atoms with E-state index in [-0.39, 0.29) is 18.0 Å². The van der Waals surface area contributed by atoms with Gasteiger partial charge in [0.2, 0.25) is 5.91 Å². The molecule has 1 aromatic heterocycles. The topological polar surface area (TPSA) is 54.0 Å². The first kappa shape index (κ1) is 13.5. The van der Waals surface area contributed by atoms with Gasteiger partial charge in [-0.15, -0.1) is 11.3 Å². The Bertz CT molecular complexity index is 358. The third-order valence-corrected chi connectivity index (χ3v) is 4.27. The zero-order chi connectivity index (χ0) is 12.8. The summed E-state index contributed by atoms with van der Waals surface area (Å²) in [5.41, 5.74) is 0. The van der Waals surface area contributed by atoms with Gasteiger partial charge in [-0.25, -0.2) is 4.98 Å². The van der Waals surface area contributed by atoms with Crippen LogP contribution in [-0.4, -0.2) is 23.5 Å². The van der Waals surface area contributed by atoms with E-state index in [9.17, 15) is 4.79 Å². The number of carbonyl (C=O) groups is 1. The second kappa shape index (κ2) is 6.85. The highest BCUT2D eigenvalue weighted by molar-refractivity contribution is 7.09. The molecule has 0 aromatic carbocycles. The van der Waals surface area contributed by atoms with E-state index in [1.54, 1.807) is 17.5 Å². The van der Waals surface area contributed by atoms with Gasteiger partial charge in [0.05, 0.1) is 12.1 Å². The van der Waals surface area contributed by atoms with Gasteiger partial charge in [0.1, 0.15) is 5.01 Å². The Morgan fingerprint density at radius 2 is 2.33 bits per heavy atom. The molecule has 1 amide bonds. The number of nitrogens with zero attached hydrogens (tertiary/aromatic N) is 1. The molecule has 1 aliphatic rings. The maximum absolute atomic E-state index is 12.2. The second-order valence-electron chi connectivity index (χ2n) is 4.81. The number of amides is 1. The van der Waals surface area contributed by atoms with Crippen LogP contribution in [0.3, 0.4) is 0 Å². The summed E-state index contributed by atoms with van der Waals surface area (Å²) in [7, 11) is 0. The van der Waals surface area contributed by atoms with Gasteiger partial charge in [0.15, 0.2) is 0 Å². The number of hydrogen-bond acceptors (Lipinski definition) is 4. The molecule has 100 valence electrons. The van der Waals surface area contributed by atoms with Crippen LogP contribution in [0.1, 0.15) is 50.1 Å². The number of nitrogens with one attached hydrogen (secondary N) is 2. The van der Waals surface area contributed by atoms with Gasteiger partial charge in [-0.2, -0.15) is 0 Å². The van der Waals surface area contributed by atoms with E-state index in [0.717, 1.165) is 24.4 Å². The van der Waals surface area contributed by atoms with Crippen LogP contribution >= 0.6 is 11.3 Å². The van der Waals surface area contributed by atoms with Crippen molar-refractivity contribution in [2.45, 2.75) is 51.1 Å². The van der Waals surface area contributed by atoms with Crippen LogP contribution in [0.2, 0.25) is 0 Å². The molecule has 2 unspecified atom stereocenters. The maximum atomic E-state index is 12.2. The molecular weight excluding hydrogens is 246 g/mol. The molecule has 1 fully saturated rings. The van der Waals surface area contributed by atoms with Crippen molar-refractivity contribution in [2.24, 2.45) is 0 Å². The fourth-order valence-electron chi connectivity index (χ4n) is 2.25. The number of carbonyl (C=O) groups excluding carboxylic acids is 1. The Kier molecular flexibility index (Phi) is 5.13. The Morgan fingerprint density at radius 1 is 1.50 bits per heavy atom. The molecule has 0 aliphatic carbocycles. The highest BCUT2D eigenvalue weighted by atomic mass is 32.1. The van der Waals surface area contributed by atoms with Crippen molar-refractivity contribution < 1.29 is 4.79 Å². The number of aromatic nitrogens is 1. The van der Waals surface area contributed by atoms with Gasteiger partial charge in [0.25, 0.3) is 0 Å². The van der Waals surface area contributed by atoms with E-state index in [0.29, 0.717) is 0 Å². The van der Waals surface area contributed by atoms with Gasteiger partial charge in [-0.1, -0.05) is 19.3 Å². The molecule has 4 nitrogen and oxygen atoms in total. The van der Waals surface area contributed by atoms with Crippen molar-refractivity contribution in [1.29, 1.82) is 0 Å². The van der Waals surface area contributed by atoms with Gasteiger partial charge >= 0.3 is 0 Å². The molecule has 2 rings (SSSR count). The average Bonchev–Trinajstić information content (AvgIpc) is 2.81. The third-order valence-electron chi connectivity index (χ3n) is 3.31. The SMILES string of the molecule is CC(NC(=O)C1CCCCCCN1)c1nccs1. The molecule has 18 heavy (non-hydrogen) atoms. The fourth-order valence-corrected chi connectivity index (χ4v) is 2.90. The summed E-state index contributed by atoms with van der Waals surface area (Å²) in [6, 6.07) is -0.0301. The summed E-state index contributed by atoms with van der Waals surface area (Å²) in [5, 5.41) is 9.29. The fraction of sp³-hybridized carbons (Fsp3) is 0.692. The highest BCUT2D eigenvalue weighted by Gasteiger charge is 2.21. The van der Waals surface area contributed by atoms with E-state index in [2.05, 4.69) is 15.6 Å². The lowest BCUT2D eigenvalue weighted by atomic mass is 10.0. The summed E-state index contributed by atoms with van der Waals surface area (Å²) >= 11 is 1.58. The molecule has 0 spiro atoms. The lowest BCUT2D eigenvalue weighted by molar-refractivity contribution is -0.124. The lowest BCUT2D eigenvalue weighted by Crippen LogP contribution is -2.45. The van der Waals surface area contributed by atoms with Crippen molar-refractivity contribution in [2.75, 3.05) is 6.54 Å². The predicted octanol–water partition coefficient (Wildman–Crippen LogP) is 2.24. The first-order valence-corrected chi connectivity index (χ1v) is 7.58. The van der Waals surface area contributed by atoms with Gasteiger partial charge in [-0.05, 0) is 26.3 Å². The van der Waals surface area contributed by atoms with E-state index >= 15 is 0 Å². The average molecular weight is 267 g/mol. The van der Waals surface area contributed by atoms with Crippen molar-refractivity contribution in [1.82, 2.24) is 15.6 Å². The standard InChI is InChI=1S/C13H21N3OS/c1-10(13-15-8-9-18-13)16-12(17)11-6-4-2-3-5-7-14-11/h8-11,14H,2-7H2,1H3,(H,16,17).